The highest BCUT2D eigenvalue weighted by Crippen LogP contribution is 2.48. The van der Waals surface area contributed by atoms with E-state index in [4.69, 9.17) is 0 Å². The molecule has 1 aliphatic carbocycles. The van der Waals surface area contributed by atoms with Crippen molar-refractivity contribution in [3.63, 3.8) is 0 Å². The summed E-state index contributed by atoms with van der Waals surface area (Å²) < 4.78 is 15.7. The van der Waals surface area contributed by atoms with Crippen LogP contribution in [0.5, 0.6) is 0 Å². The molecule has 122 valence electrons. The van der Waals surface area contributed by atoms with Crippen LogP contribution in [0.2, 0.25) is 0 Å². The molecular formula is C19H18FN3O. The summed E-state index contributed by atoms with van der Waals surface area (Å²) in [5.74, 6) is -0.307. The summed E-state index contributed by atoms with van der Waals surface area (Å²) in [5, 5.41) is 2.95. The van der Waals surface area contributed by atoms with Crippen molar-refractivity contribution in [3.05, 3.63) is 71.9 Å². The van der Waals surface area contributed by atoms with Crippen LogP contribution in [-0.2, 0) is 11.2 Å². The summed E-state index contributed by atoms with van der Waals surface area (Å²) in [4.78, 5) is 16.7. The lowest BCUT2D eigenvalue weighted by atomic mass is 10.1. The Hall–Kier alpha value is -2.69. The summed E-state index contributed by atoms with van der Waals surface area (Å²) in [6, 6.07) is 12.6. The van der Waals surface area contributed by atoms with Gasteiger partial charge in [0, 0.05) is 31.3 Å². The summed E-state index contributed by atoms with van der Waals surface area (Å²) in [6.45, 7) is 0.545. The predicted octanol–water partition coefficient (Wildman–Crippen LogP) is 2.94. The van der Waals surface area contributed by atoms with Crippen molar-refractivity contribution in [2.75, 3.05) is 6.54 Å². The Labute approximate surface area is 139 Å². The molecule has 1 aliphatic rings. The second-order valence-corrected chi connectivity index (χ2v) is 6.21. The van der Waals surface area contributed by atoms with Crippen LogP contribution >= 0.6 is 0 Å². The predicted molar refractivity (Wildman–Crippen MR) is 89.2 cm³/mol. The number of amides is 1. The molecule has 3 aromatic rings. The number of nitrogens with zero attached hydrogens (tertiary/aromatic N) is 2. The van der Waals surface area contributed by atoms with E-state index in [9.17, 15) is 9.18 Å². The molecule has 2 heterocycles. The first-order valence-corrected chi connectivity index (χ1v) is 8.17. The van der Waals surface area contributed by atoms with Gasteiger partial charge in [-0.25, -0.2) is 9.37 Å². The van der Waals surface area contributed by atoms with Crippen LogP contribution in [0.1, 0.15) is 23.6 Å². The molecule has 1 amide bonds. The van der Waals surface area contributed by atoms with Crippen LogP contribution in [0, 0.1) is 11.7 Å². The standard InChI is InChI=1S/C19H18FN3O/c20-17-6-2-1-5-14(17)15-11-16(15)19(24)21-9-8-13-12-23-10-4-3-7-18(23)22-13/h1-7,10,12,15-16H,8-9,11H2,(H,21,24). The fourth-order valence-corrected chi connectivity index (χ4v) is 3.16. The molecule has 4 rings (SSSR count). The van der Waals surface area contributed by atoms with Gasteiger partial charge in [-0.05, 0) is 36.1 Å². The number of halogens is 1. The molecule has 1 saturated carbocycles. The molecule has 0 saturated heterocycles. The third-order valence-electron chi connectivity index (χ3n) is 4.53. The van der Waals surface area contributed by atoms with Gasteiger partial charge >= 0.3 is 0 Å². The summed E-state index contributed by atoms with van der Waals surface area (Å²) in [6.07, 6.45) is 5.33. The fraction of sp³-hybridized carbons (Fsp3) is 0.263. The van der Waals surface area contributed by atoms with Gasteiger partial charge in [0.1, 0.15) is 11.5 Å². The molecule has 0 aliphatic heterocycles. The molecule has 5 heteroatoms. The Morgan fingerprint density at radius 2 is 2.08 bits per heavy atom. The molecule has 2 atom stereocenters. The summed E-state index contributed by atoms with van der Waals surface area (Å²) >= 11 is 0. The Bertz CT molecular complexity index is 856. The van der Waals surface area contributed by atoms with E-state index >= 15 is 0 Å². The number of fused-ring (bicyclic) bond motifs is 1. The molecule has 0 radical (unpaired) electrons. The quantitative estimate of drug-likeness (QED) is 0.785. The summed E-state index contributed by atoms with van der Waals surface area (Å²) in [7, 11) is 0. The summed E-state index contributed by atoms with van der Waals surface area (Å²) in [5.41, 5.74) is 2.50. The molecule has 1 N–H and O–H groups in total. The Morgan fingerprint density at radius 1 is 1.25 bits per heavy atom. The van der Waals surface area contributed by atoms with Gasteiger partial charge in [0.05, 0.1) is 5.69 Å². The normalized spacial score (nSPS) is 19.4. The maximum atomic E-state index is 13.7. The van der Waals surface area contributed by atoms with Gasteiger partial charge in [-0.1, -0.05) is 24.3 Å². The van der Waals surface area contributed by atoms with Crippen molar-refractivity contribution in [3.8, 4) is 0 Å². The Balaban J connectivity index is 1.31. The van der Waals surface area contributed by atoms with E-state index in [0.717, 1.165) is 17.8 Å². The molecule has 1 fully saturated rings. The van der Waals surface area contributed by atoms with Crippen molar-refractivity contribution >= 4 is 11.6 Å². The molecular weight excluding hydrogens is 305 g/mol. The zero-order chi connectivity index (χ0) is 16.5. The van der Waals surface area contributed by atoms with Crippen LogP contribution in [0.3, 0.4) is 0 Å². The van der Waals surface area contributed by atoms with Crippen LogP contribution in [0.25, 0.3) is 5.65 Å². The van der Waals surface area contributed by atoms with E-state index in [-0.39, 0.29) is 23.6 Å². The highest BCUT2D eigenvalue weighted by Gasteiger charge is 2.44. The SMILES string of the molecule is O=C(NCCc1cn2ccccc2n1)C1CC1c1ccccc1F. The van der Waals surface area contributed by atoms with Crippen molar-refractivity contribution < 1.29 is 9.18 Å². The van der Waals surface area contributed by atoms with Gasteiger partial charge in [0.25, 0.3) is 0 Å². The number of aromatic nitrogens is 2. The number of nitrogens with one attached hydrogen (secondary N) is 1. The van der Waals surface area contributed by atoms with E-state index in [1.54, 1.807) is 12.1 Å². The molecule has 2 aromatic heterocycles. The van der Waals surface area contributed by atoms with E-state index < -0.39 is 0 Å². The van der Waals surface area contributed by atoms with Crippen molar-refractivity contribution in [2.45, 2.75) is 18.8 Å². The minimum Gasteiger partial charge on any atom is -0.355 e. The first-order chi connectivity index (χ1) is 11.7. The number of imidazole rings is 1. The fourth-order valence-electron chi connectivity index (χ4n) is 3.16. The second-order valence-electron chi connectivity index (χ2n) is 6.21. The number of pyridine rings is 1. The molecule has 24 heavy (non-hydrogen) atoms. The number of carbonyl (C=O) groups excluding carboxylic acids is 1. The number of hydrogen-bond donors (Lipinski definition) is 1. The van der Waals surface area contributed by atoms with E-state index in [1.165, 1.54) is 6.07 Å². The number of carbonyl (C=O) groups is 1. The zero-order valence-corrected chi connectivity index (χ0v) is 13.2. The van der Waals surface area contributed by atoms with Crippen LogP contribution in [0.4, 0.5) is 4.39 Å². The van der Waals surface area contributed by atoms with Crippen LogP contribution in [-0.4, -0.2) is 21.8 Å². The maximum absolute atomic E-state index is 13.7. The highest BCUT2D eigenvalue weighted by molar-refractivity contribution is 5.82. The second kappa shape index (κ2) is 6.07. The largest absolute Gasteiger partial charge is 0.355 e. The molecule has 2 unspecified atom stereocenters. The molecule has 0 spiro atoms. The van der Waals surface area contributed by atoms with Gasteiger partial charge in [0.2, 0.25) is 5.91 Å². The average Bonchev–Trinajstić information content (AvgIpc) is 3.27. The number of hydrogen-bond acceptors (Lipinski definition) is 2. The van der Waals surface area contributed by atoms with Gasteiger partial charge < -0.3 is 9.72 Å². The van der Waals surface area contributed by atoms with Gasteiger partial charge in [-0.2, -0.15) is 0 Å². The average molecular weight is 323 g/mol. The monoisotopic (exact) mass is 323 g/mol. The Morgan fingerprint density at radius 3 is 2.92 bits per heavy atom. The lowest BCUT2D eigenvalue weighted by Gasteiger charge is -2.04. The molecule has 1 aromatic carbocycles. The third kappa shape index (κ3) is 2.89. The van der Waals surface area contributed by atoms with Crippen molar-refractivity contribution in [1.82, 2.24) is 14.7 Å². The lowest BCUT2D eigenvalue weighted by molar-refractivity contribution is -0.122. The lowest BCUT2D eigenvalue weighted by Crippen LogP contribution is -2.27. The van der Waals surface area contributed by atoms with Crippen molar-refractivity contribution in [2.24, 2.45) is 5.92 Å². The number of rotatable bonds is 5. The van der Waals surface area contributed by atoms with Crippen LogP contribution < -0.4 is 5.32 Å². The van der Waals surface area contributed by atoms with Gasteiger partial charge in [-0.15, -0.1) is 0 Å². The first-order valence-electron chi connectivity index (χ1n) is 8.17. The van der Waals surface area contributed by atoms with E-state index in [2.05, 4.69) is 10.3 Å². The smallest absolute Gasteiger partial charge is 0.223 e. The minimum atomic E-state index is -0.220. The zero-order valence-electron chi connectivity index (χ0n) is 13.2. The van der Waals surface area contributed by atoms with E-state index in [0.29, 0.717) is 18.5 Å². The van der Waals surface area contributed by atoms with Crippen molar-refractivity contribution in [1.29, 1.82) is 0 Å². The van der Waals surface area contributed by atoms with Gasteiger partial charge in [-0.3, -0.25) is 4.79 Å². The maximum Gasteiger partial charge on any atom is 0.223 e. The molecule has 4 nitrogen and oxygen atoms in total. The topological polar surface area (TPSA) is 46.4 Å². The van der Waals surface area contributed by atoms with E-state index in [1.807, 2.05) is 41.1 Å². The first kappa shape index (κ1) is 14.9. The Kier molecular flexibility index (Phi) is 3.76. The third-order valence-corrected chi connectivity index (χ3v) is 4.53. The van der Waals surface area contributed by atoms with Gasteiger partial charge in [0.15, 0.2) is 0 Å². The highest BCUT2D eigenvalue weighted by atomic mass is 19.1. The molecule has 0 bridgehead atoms. The minimum absolute atomic E-state index is 0.00650. The number of benzene rings is 1. The van der Waals surface area contributed by atoms with Crippen LogP contribution in [0.15, 0.2) is 54.9 Å².